The Bertz CT molecular complexity index is 869. The number of likely N-dealkylation sites (N-methyl/N-ethyl adjacent to an activating group) is 1. The van der Waals surface area contributed by atoms with Crippen molar-refractivity contribution in [3.8, 4) is 0 Å². The molecular weight excluding hydrogens is 338 g/mol. The first-order valence-corrected chi connectivity index (χ1v) is 9.28. The lowest BCUT2D eigenvalue weighted by Gasteiger charge is -2.34. The minimum atomic E-state index is -0.205. The maximum Gasteiger partial charge on any atom is 0.278 e. The fourth-order valence-electron chi connectivity index (χ4n) is 3.66. The average molecular weight is 361 g/mol. The van der Waals surface area contributed by atoms with Crippen LogP contribution in [0.4, 0.5) is 0 Å². The van der Waals surface area contributed by atoms with Crippen LogP contribution in [0.1, 0.15) is 11.1 Å². The Labute approximate surface area is 159 Å². The van der Waals surface area contributed by atoms with Crippen LogP contribution in [0.15, 0.2) is 66.4 Å². The van der Waals surface area contributed by atoms with Gasteiger partial charge in [-0.05, 0) is 18.2 Å². The Morgan fingerprint density at radius 3 is 2.00 bits per heavy atom. The molecule has 2 aromatic carbocycles. The second-order valence-corrected chi connectivity index (χ2v) is 7.06. The highest BCUT2D eigenvalue weighted by molar-refractivity contribution is 6.35. The Hall–Kier alpha value is -2.92. The minimum Gasteiger partial charge on any atom is -0.364 e. The molecule has 0 saturated carbocycles. The Morgan fingerprint density at radius 2 is 1.37 bits per heavy atom. The standard InChI is InChI=1S/C22H23N3O2/c1-23-12-14-24(15-13-23)20-19(18-10-6-3-7-11-18)21(26)25(22(20)27)16-17-8-4-2-5-9-17/h2-11H,12-16H2,1H3. The van der Waals surface area contributed by atoms with Gasteiger partial charge in [0.15, 0.2) is 0 Å². The molecule has 2 amide bonds. The summed E-state index contributed by atoms with van der Waals surface area (Å²) in [6.07, 6.45) is 0. The molecule has 2 aromatic rings. The highest BCUT2D eigenvalue weighted by Gasteiger charge is 2.41. The van der Waals surface area contributed by atoms with Crippen molar-refractivity contribution in [1.29, 1.82) is 0 Å². The lowest BCUT2D eigenvalue weighted by Crippen LogP contribution is -2.46. The van der Waals surface area contributed by atoms with E-state index in [4.69, 9.17) is 0 Å². The summed E-state index contributed by atoms with van der Waals surface area (Å²) in [5.74, 6) is -0.392. The van der Waals surface area contributed by atoms with Crippen molar-refractivity contribution in [3.05, 3.63) is 77.5 Å². The molecule has 138 valence electrons. The fourth-order valence-corrected chi connectivity index (χ4v) is 3.66. The van der Waals surface area contributed by atoms with Gasteiger partial charge in [0.2, 0.25) is 0 Å². The molecule has 0 aliphatic carbocycles. The van der Waals surface area contributed by atoms with Crippen LogP contribution < -0.4 is 0 Å². The molecule has 0 radical (unpaired) electrons. The second kappa shape index (κ2) is 7.37. The van der Waals surface area contributed by atoms with Gasteiger partial charge in [0.05, 0.1) is 12.1 Å². The molecule has 0 N–H and O–H groups in total. The van der Waals surface area contributed by atoms with Gasteiger partial charge < -0.3 is 9.80 Å². The number of benzene rings is 2. The lowest BCUT2D eigenvalue weighted by atomic mass is 10.0. The number of amides is 2. The summed E-state index contributed by atoms with van der Waals surface area (Å²) >= 11 is 0. The van der Waals surface area contributed by atoms with E-state index >= 15 is 0 Å². The van der Waals surface area contributed by atoms with Gasteiger partial charge >= 0.3 is 0 Å². The third-order valence-corrected chi connectivity index (χ3v) is 5.21. The predicted molar refractivity (Wildman–Crippen MR) is 104 cm³/mol. The van der Waals surface area contributed by atoms with Gasteiger partial charge in [-0.3, -0.25) is 14.5 Å². The average Bonchev–Trinajstić information content (AvgIpc) is 2.95. The second-order valence-electron chi connectivity index (χ2n) is 7.06. The smallest absolute Gasteiger partial charge is 0.278 e. The Balaban J connectivity index is 1.71. The van der Waals surface area contributed by atoms with E-state index in [-0.39, 0.29) is 11.8 Å². The highest BCUT2D eigenvalue weighted by Crippen LogP contribution is 2.32. The number of nitrogens with zero attached hydrogens (tertiary/aromatic N) is 3. The maximum absolute atomic E-state index is 13.3. The van der Waals surface area contributed by atoms with E-state index in [0.717, 1.165) is 37.3 Å². The molecule has 2 heterocycles. The van der Waals surface area contributed by atoms with Gasteiger partial charge in [-0.25, -0.2) is 0 Å². The summed E-state index contributed by atoms with van der Waals surface area (Å²) < 4.78 is 0. The van der Waals surface area contributed by atoms with Crippen LogP contribution in [0.5, 0.6) is 0 Å². The van der Waals surface area contributed by atoms with Crippen molar-refractivity contribution in [3.63, 3.8) is 0 Å². The summed E-state index contributed by atoms with van der Waals surface area (Å²) in [4.78, 5) is 32.2. The molecule has 0 atom stereocenters. The van der Waals surface area contributed by atoms with E-state index in [1.54, 1.807) is 0 Å². The van der Waals surface area contributed by atoms with Crippen molar-refractivity contribution < 1.29 is 9.59 Å². The molecular formula is C22H23N3O2. The van der Waals surface area contributed by atoms with Crippen LogP contribution in [0.3, 0.4) is 0 Å². The molecule has 1 saturated heterocycles. The number of hydrogen-bond donors (Lipinski definition) is 0. The van der Waals surface area contributed by atoms with E-state index < -0.39 is 0 Å². The summed E-state index contributed by atoms with van der Waals surface area (Å²) in [6, 6.07) is 19.2. The molecule has 0 unspecified atom stereocenters. The van der Waals surface area contributed by atoms with Crippen molar-refractivity contribution in [2.45, 2.75) is 6.54 Å². The Morgan fingerprint density at radius 1 is 0.778 bits per heavy atom. The number of carbonyl (C=O) groups excluding carboxylic acids is 2. The van der Waals surface area contributed by atoms with Gasteiger partial charge in [0.1, 0.15) is 5.70 Å². The zero-order valence-electron chi connectivity index (χ0n) is 15.5. The fraction of sp³-hybridized carbons (Fsp3) is 0.273. The van der Waals surface area contributed by atoms with Crippen LogP contribution in [-0.4, -0.2) is 59.7 Å². The van der Waals surface area contributed by atoms with Gasteiger partial charge in [-0.1, -0.05) is 60.7 Å². The zero-order chi connectivity index (χ0) is 18.8. The first kappa shape index (κ1) is 17.5. The number of carbonyl (C=O) groups is 2. The summed E-state index contributed by atoms with van der Waals surface area (Å²) in [5, 5.41) is 0. The van der Waals surface area contributed by atoms with Crippen LogP contribution in [0.25, 0.3) is 5.57 Å². The number of hydrogen-bond acceptors (Lipinski definition) is 4. The minimum absolute atomic E-state index is 0.188. The van der Waals surface area contributed by atoms with Crippen molar-refractivity contribution in [1.82, 2.24) is 14.7 Å². The largest absolute Gasteiger partial charge is 0.364 e. The van der Waals surface area contributed by atoms with Gasteiger partial charge in [-0.2, -0.15) is 0 Å². The molecule has 1 fully saturated rings. The van der Waals surface area contributed by atoms with Crippen molar-refractivity contribution in [2.75, 3.05) is 33.2 Å². The number of imide groups is 1. The topological polar surface area (TPSA) is 43.9 Å². The normalized spacial score (nSPS) is 18.6. The monoisotopic (exact) mass is 361 g/mol. The maximum atomic E-state index is 13.3. The molecule has 0 spiro atoms. The van der Waals surface area contributed by atoms with Gasteiger partial charge in [-0.15, -0.1) is 0 Å². The quantitative estimate of drug-likeness (QED) is 0.784. The molecule has 0 aromatic heterocycles. The molecule has 2 aliphatic heterocycles. The summed E-state index contributed by atoms with van der Waals surface area (Å²) in [5.41, 5.74) is 2.84. The SMILES string of the molecule is CN1CCN(C2=C(c3ccccc3)C(=O)N(Cc3ccccc3)C2=O)CC1. The molecule has 2 aliphatic rings. The molecule has 5 heteroatoms. The number of rotatable bonds is 4. The van der Waals surface area contributed by atoms with Gasteiger partial charge in [0.25, 0.3) is 11.8 Å². The van der Waals surface area contributed by atoms with E-state index in [1.807, 2.05) is 60.7 Å². The predicted octanol–water partition coefficient (Wildman–Crippen LogP) is 2.21. The van der Waals surface area contributed by atoms with Crippen LogP contribution >= 0.6 is 0 Å². The van der Waals surface area contributed by atoms with Crippen molar-refractivity contribution >= 4 is 17.4 Å². The number of piperazine rings is 1. The third-order valence-electron chi connectivity index (χ3n) is 5.21. The molecule has 5 nitrogen and oxygen atoms in total. The van der Waals surface area contributed by atoms with E-state index in [1.165, 1.54) is 4.90 Å². The highest BCUT2D eigenvalue weighted by atomic mass is 16.2. The van der Waals surface area contributed by atoms with E-state index in [9.17, 15) is 9.59 Å². The Kier molecular flexibility index (Phi) is 4.77. The third kappa shape index (κ3) is 3.38. The first-order valence-electron chi connectivity index (χ1n) is 9.28. The van der Waals surface area contributed by atoms with Gasteiger partial charge in [0, 0.05) is 26.2 Å². The summed E-state index contributed by atoms with van der Waals surface area (Å²) in [6.45, 7) is 3.56. The van der Waals surface area contributed by atoms with Crippen LogP contribution in [-0.2, 0) is 16.1 Å². The van der Waals surface area contributed by atoms with E-state index in [2.05, 4.69) is 16.8 Å². The summed E-state index contributed by atoms with van der Waals surface area (Å²) in [7, 11) is 2.08. The molecule has 27 heavy (non-hydrogen) atoms. The van der Waals surface area contributed by atoms with Crippen molar-refractivity contribution in [2.24, 2.45) is 0 Å². The lowest BCUT2D eigenvalue weighted by molar-refractivity contribution is -0.138. The molecule has 0 bridgehead atoms. The molecule has 4 rings (SSSR count). The zero-order valence-corrected chi connectivity index (χ0v) is 15.5. The van der Waals surface area contributed by atoms with E-state index in [0.29, 0.717) is 17.8 Å². The first-order chi connectivity index (χ1) is 13.1. The van der Waals surface area contributed by atoms with Crippen LogP contribution in [0.2, 0.25) is 0 Å². The van der Waals surface area contributed by atoms with Crippen LogP contribution in [0, 0.1) is 0 Å².